The summed E-state index contributed by atoms with van der Waals surface area (Å²) in [5, 5.41) is 0. The first-order chi connectivity index (χ1) is 6.68. The Balaban J connectivity index is 2.84. The Bertz CT molecular complexity index is 312. The molecule has 0 spiro atoms. The maximum atomic E-state index is 11.6. The maximum Gasteiger partial charge on any atom is 0.251 e. The number of imide groups is 1. The normalized spacial score (nSPS) is 17.8. The zero-order chi connectivity index (χ0) is 12.0. The average molecular weight is 212 g/mol. The van der Waals surface area contributed by atoms with Crippen LogP contribution in [0.15, 0.2) is 0 Å². The van der Waals surface area contributed by atoms with Gasteiger partial charge in [0.1, 0.15) is 0 Å². The number of hydrogen-bond acceptors (Lipinski definition) is 3. The van der Waals surface area contributed by atoms with Crippen molar-refractivity contribution in [1.29, 1.82) is 0 Å². The topological polar surface area (TPSA) is 57.7 Å². The van der Waals surface area contributed by atoms with Crippen LogP contribution < -0.4 is 0 Å². The minimum atomic E-state index is -1.11. The highest BCUT2D eigenvalue weighted by Crippen LogP contribution is 2.29. The number of hydrogen-bond donors (Lipinski definition) is 0. The molecule has 0 aliphatic carbocycles. The lowest BCUT2D eigenvalue weighted by Crippen LogP contribution is -2.67. The fourth-order valence-electron chi connectivity index (χ4n) is 1.54. The highest BCUT2D eigenvalue weighted by molar-refractivity contribution is 6.29. The molecule has 84 valence electrons. The van der Waals surface area contributed by atoms with E-state index in [4.69, 9.17) is 0 Å². The van der Waals surface area contributed by atoms with Crippen LogP contribution in [0.3, 0.4) is 0 Å². The Labute approximate surface area is 89.0 Å². The number of β-lactam (4-membered cyclic amide) rings is 2. The second-order valence-electron chi connectivity index (χ2n) is 4.85. The summed E-state index contributed by atoms with van der Waals surface area (Å²) >= 11 is 0. The second kappa shape index (κ2) is 3.32. The van der Waals surface area contributed by atoms with Crippen molar-refractivity contribution in [3.63, 3.8) is 0 Å². The van der Waals surface area contributed by atoms with E-state index in [0.717, 1.165) is 4.90 Å². The van der Waals surface area contributed by atoms with Crippen LogP contribution in [0.5, 0.6) is 0 Å². The maximum absolute atomic E-state index is 11.6. The Morgan fingerprint density at radius 1 is 1.20 bits per heavy atom. The molecule has 0 atom stereocenters. The SMILES string of the molecule is CN(C)C(=O)C1C(=O)N(C(C)(C)C)C1=O. The monoisotopic (exact) mass is 212 g/mol. The standard InChI is InChI=1S/C10H16N2O3/c1-10(2,3)12-8(14)6(9(12)15)7(13)11(4)5/h6H,1-5H3. The van der Waals surface area contributed by atoms with Gasteiger partial charge in [-0.25, -0.2) is 0 Å². The molecule has 0 N–H and O–H groups in total. The van der Waals surface area contributed by atoms with Gasteiger partial charge < -0.3 is 4.90 Å². The molecule has 5 nitrogen and oxygen atoms in total. The van der Waals surface area contributed by atoms with E-state index < -0.39 is 29.2 Å². The van der Waals surface area contributed by atoms with Gasteiger partial charge >= 0.3 is 0 Å². The van der Waals surface area contributed by atoms with Crippen molar-refractivity contribution in [1.82, 2.24) is 9.80 Å². The predicted octanol–water partition coefficient (Wildman–Crippen LogP) is -0.142. The minimum absolute atomic E-state index is 0.397. The lowest BCUT2D eigenvalue weighted by molar-refractivity contribution is -0.176. The molecular weight excluding hydrogens is 196 g/mol. The Morgan fingerprint density at radius 2 is 1.60 bits per heavy atom. The van der Waals surface area contributed by atoms with Crippen LogP contribution in [0.1, 0.15) is 20.8 Å². The predicted molar refractivity (Wildman–Crippen MR) is 53.8 cm³/mol. The first-order valence-electron chi connectivity index (χ1n) is 4.77. The van der Waals surface area contributed by atoms with Crippen molar-refractivity contribution in [3.8, 4) is 0 Å². The molecule has 0 aromatic heterocycles. The fourth-order valence-corrected chi connectivity index (χ4v) is 1.54. The molecule has 1 fully saturated rings. The molecule has 5 heteroatoms. The van der Waals surface area contributed by atoms with Gasteiger partial charge in [-0.1, -0.05) is 0 Å². The van der Waals surface area contributed by atoms with Crippen molar-refractivity contribution in [2.45, 2.75) is 26.3 Å². The molecule has 0 unspecified atom stereocenters. The first-order valence-corrected chi connectivity index (χ1v) is 4.77. The fraction of sp³-hybridized carbons (Fsp3) is 0.700. The summed E-state index contributed by atoms with van der Waals surface area (Å²) in [6.07, 6.45) is 0. The quantitative estimate of drug-likeness (QED) is 0.449. The molecule has 0 aromatic carbocycles. The average Bonchev–Trinajstić information content (AvgIpc) is 2.00. The van der Waals surface area contributed by atoms with Crippen LogP contribution in [0.25, 0.3) is 0 Å². The number of likely N-dealkylation sites (tertiary alicyclic amines) is 1. The second-order valence-corrected chi connectivity index (χ2v) is 4.85. The Morgan fingerprint density at radius 3 is 1.87 bits per heavy atom. The summed E-state index contributed by atoms with van der Waals surface area (Å²) < 4.78 is 0. The molecule has 3 amide bonds. The smallest absolute Gasteiger partial charge is 0.251 e. The molecule has 1 rings (SSSR count). The zero-order valence-corrected chi connectivity index (χ0v) is 9.70. The van der Waals surface area contributed by atoms with Crippen molar-refractivity contribution >= 4 is 17.7 Å². The van der Waals surface area contributed by atoms with Gasteiger partial charge in [-0.2, -0.15) is 0 Å². The van der Waals surface area contributed by atoms with Gasteiger partial charge in [0.15, 0.2) is 5.92 Å². The van der Waals surface area contributed by atoms with Crippen LogP contribution in [0.4, 0.5) is 0 Å². The van der Waals surface area contributed by atoms with E-state index in [-0.39, 0.29) is 0 Å². The van der Waals surface area contributed by atoms with Gasteiger partial charge in [-0.05, 0) is 20.8 Å². The summed E-state index contributed by atoms with van der Waals surface area (Å²) in [5.41, 5.74) is -0.544. The lowest BCUT2D eigenvalue weighted by Gasteiger charge is -2.44. The lowest BCUT2D eigenvalue weighted by atomic mass is 9.89. The number of carbonyl (C=O) groups is 3. The molecule has 0 aromatic rings. The van der Waals surface area contributed by atoms with Gasteiger partial charge in [-0.15, -0.1) is 0 Å². The Hall–Kier alpha value is -1.39. The van der Waals surface area contributed by atoms with Crippen LogP contribution >= 0.6 is 0 Å². The summed E-state index contributed by atoms with van der Waals surface area (Å²) in [5.74, 6) is -2.35. The molecule has 0 bridgehead atoms. The highest BCUT2D eigenvalue weighted by Gasteiger charge is 2.55. The van der Waals surface area contributed by atoms with E-state index in [2.05, 4.69) is 0 Å². The van der Waals surface area contributed by atoms with E-state index >= 15 is 0 Å². The van der Waals surface area contributed by atoms with E-state index in [1.165, 1.54) is 19.0 Å². The van der Waals surface area contributed by atoms with E-state index in [9.17, 15) is 14.4 Å². The molecule has 15 heavy (non-hydrogen) atoms. The third-order valence-electron chi connectivity index (χ3n) is 2.29. The number of rotatable bonds is 1. The third-order valence-corrected chi connectivity index (χ3v) is 2.29. The highest BCUT2D eigenvalue weighted by atomic mass is 16.2. The summed E-state index contributed by atoms with van der Waals surface area (Å²) in [4.78, 5) is 37.1. The van der Waals surface area contributed by atoms with Gasteiger partial charge in [-0.3, -0.25) is 19.3 Å². The van der Waals surface area contributed by atoms with Crippen molar-refractivity contribution in [3.05, 3.63) is 0 Å². The van der Waals surface area contributed by atoms with Crippen LogP contribution in [0, 0.1) is 5.92 Å². The van der Waals surface area contributed by atoms with Gasteiger partial charge in [0.25, 0.3) is 11.8 Å². The summed E-state index contributed by atoms with van der Waals surface area (Å²) in [6.45, 7) is 5.29. The largest absolute Gasteiger partial charge is 0.348 e. The van der Waals surface area contributed by atoms with Crippen molar-refractivity contribution in [2.75, 3.05) is 14.1 Å². The molecule has 1 saturated heterocycles. The summed E-state index contributed by atoms with van der Waals surface area (Å²) in [7, 11) is 3.06. The molecule has 0 radical (unpaired) electrons. The van der Waals surface area contributed by atoms with E-state index in [0.29, 0.717) is 0 Å². The molecule has 0 saturated carbocycles. The van der Waals surface area contributed by atoms with Crippen LogP contribution in [0.2, 0.25) is 0 Å². The number of carbonyl (C=O) groups excluding carboxylic acids is 3. The number of nitrogens with zero attached hydrogens (tertiary/aromatic N) is 2. The van der Waals surface area contributed by atoms with Gasteiger partial charge in [0.2, 0.25) is 5.91 Å². The summed E-state index contributed by atoms with van der Waals surface area (Å²) in [6, 6.07) is 0. The molecule has 1 heterocycles. The Kier molecular flexibility index (Phi) is 2.59. The van der Waals surface area contributed by atoms with Crippen LogP contribution in [-0.4, -0.2) is 47.2 Å². The van der Waals surface area contributed by atoms with Crippen LogP contribution in [-0.2, 0) is 14.4 Å². The van der Waals surface area contributed by atoms with Gasteiger partial charge in [0, 0.05) is 19.6 Å². The van der Waals surface area contributed by atoms with E-state index in [1.807, 2.05) is 0 Å². The zero-order valence-electron chi connectivity index (χ0n) is 9.70. The third kappa shape index (κ3) is 1.73. The van der Waals surface area contributed by atoms with Crippen molar-refractivity contribution < 1.29 is 14.4 Å². The number of amides is 3. The molecule has 1 aliphatic rings. The van der Waals surface area contributed by atoms with Gasteiger partial charge in [0.05, 0.1) is 0 Å². The van der Waals surface area contributed by atoms with E-state index in [1.54, 1.807) is 20.8 Å². The minimum Gasteiger partial charge on any atom is -0.348 e. The van der Waals surface area contributed by atoms with Crippen molar-refractivity contribution in [2.24, 2.45) is 5.92 Å². The first kappa shape index (κ1) is 11.7. The molecule has 1 aliphatic heterocycles. The molecular formula is C10H16N2O3.